The highest BCUT2D eigenvalue weighted by Crippen LogP contribution is 2.19. The zero-order chi connectivity index (χ0) is 20.1. The molecule has 0 aliphatic carbocycles. The van der Waals surface area contributed by atoms with Crippen LogP contribution < -0.4 is 11.0 Å². The summed E-state index contributed by atoms with van der Waals surface area (Å²) in [6.07, 6.45) is 3.56. The Kier molecular flexibility index (Phi) is 6.00. The van der Waals surface area contributed by atoms with Crippen LogP contribution in [0.4, 0.5) is 5.69 Å². The zero-order valence-electron chi connectivity index (χ0n) is 15.4. The Bertz CT molecular complexity index is 1050. The van der Waals surface area contributed by atoms with Gasteiger partial charge in [0.2, 0.25) is 0 Å². The highest BCUT2D eigenvalue weighted by atomic mass is 32.2. The van der Waals surface area contributed by atoms with E-state index in [1.807, 2.05) is 24.5 Å². The molecule has 0 unspecified atom stereocenters. The highest BCUT2D eigenvalue weighted by Gasteiger charge is 2.12. The molecular formula is C20H19N3O4S. The molecule has 0 radical (unpaired) electrons. The predicted molar refractivity (Wildman–Crippen MR) is 108 cm³/mol. The third-order valence-electron chi connectivity index (χ3n) is 4.01. The molecule has 0 atom stereocenters. The summed E-state index contributed by atoms with van der Waals surface area (Å²) >= 11 is 1.57. The standard InChI is InChI=1S/C20H19N3O4S/c1-13-11-21-20(26)23(13)16-8-6-14(7-9-16)19(25)27-12-18(24)22-15-4-3-5-17(10-15)28-2/h3-11H,12H2,1-2H3,(H,21,26)(H,22,24). The number of ether oxygens (including phenoxy) is 1. The van der Waals surface area contributed by atoms with Crippen molar-refractivity contribution in [2.75, 3.05) is 18.2 Å². The number of hydrogen-bond donors (Lipinski definition) is 2. The Morgan fingerprint density at radius 2 is 1.93 bits per heavy atom. The van der Waals surface area contributed by atoms with Crippen molar-refractivity contribution in [2.24, 2.45) is 0 Å². The van der Waals surface area contributed by atoms with Crippen LogP contribution in [0.5, 0.6) is 0 Å². The van der Waals surface area contributed by atoms with Gasteiger partial charge in [-0.1, -0.05) is 6.07 Å². The molecule has 0 saturated heterocycles. The second-order valence-corrected chi connectivity index (χ2v) is 6.85. The molecule has 3 rings (SSSR count). The lowest BCUT2D eigenvalue weighted by Gasteiger charge is -2.08. The number of esters is 1. The fourth-order valence-corrected chi connectivity index (χ4v) is 3.09. The van der Waals surface area contributed by atoms with Crippen LogP contribution in [0.25, 0.3) is 5.69 Å². The number of H-pyrrole nitrogens is 1. The fourth-order valence-electron chi connectivity index (χ4n) is 2.64. The minimum atomic E-state index is -0.613. The van der Waals surface area contributed by atoms with E-state index in [-0.39, 0.29) is 12.3 Å². The molecule has 3 aromatic rings. The van der Waals surface area contributed by atoms with E-state index in [0.717, 1.165) is 10.6 Å². The Morgan fingerprint density at radius 1 is 1.18 bits per heavy atom. The monoisotopic (exact) mass is 397 g/mol. The smallest absolute Gasteiger partial charge is 0.338 e. The number of carbonyl (C=O) groups is 2. The maximum atomic E-state index is 12.2. The van der Waals surface area contributed by atoms with Crippen molar-refractivity contribution < 1.29 is 14.3 Å². The average Bonchev–Trinajstić information content (AvgIpc) is 3.04. The molecule has 2 aromatic carbocycles. The molecule has 0 aliphatic heterocycles. The molecule has 2 N–H and O–H groups in total. The van der Waals surface area contributed by atoms with E-state index in [1.165, 1.54) is 4.57 Å². The number of anilines is 1. The molecule has 0 bridgehead atoms. The van der Waals surface area contributed by atoms with Gasteiger partial charge < -0.3 is 15.0 Å². The molecule has 144 valence electrons. The summed E-state index contributed by atoms with van der Waals surface area (Å²) in [7, 11) is 0. The number of nitrogens with one attached hydrogen (secondary N) is 2. The topological polar surface area (TPSA) is 93.2 Å². The van der Waals surface area contributed by atoms with Crippen LogP contribution in [-0.2, 0) is 9.53 Å². The van der Waals surface area contributed by atoms with Gasteiger partial charge in [-0.05, 0) is 55.6 Å². The van der Waals surface area contributed by atoms with Crippen molar-refractivity contribution in [1.29, 1.82) is 0 Å². The molecule has 0 fully saturated rings. The van der Waals surface area contributed by atoms with E-state index in [1.54, 1.807) is 55.2 Å². The second kappa shape index (κ2) is 8.62. The molecule has 0 saturated carbocycles. The van der Waals surface area contributed by atoms with E-state index in [0.29, 0.717) is 16.9 Å². The summed E-state index contributed by atoms with van der Waals surface area (Å²) < 4.78 is 6.56. The van der Waals surface area contributed by atoms with Gasteiger partial charge in [0.15, 0.2) is 6.61 Å². The largest absolute Gasteiger partial charge is 0.452 e. The van der Waals surface area contributed by atoms with Gasteiger partial charge in [0.1, 0.15) is 0 Å². The molecule has 1 heterocycles. The Balaban J connectivity index is 1.58. The molecule has 1 aromatic heterocycles. The summed E-state index contributed by atoms with van der Waals surface area (Å²) in [4.78, 5) is 39.6. The Hall–Kier alpha value is -3.26. The maximum absolute atomic E-state index is 12.2. The Morgan fingerprint density at radius 3 is 2.57 bits per heavy atom. The number of rotatable bonds is 6. The summed E-state index contributed by atoms with van der Waals surface area (Å²) in [5.41, 5.74) is 2.07. The number of aromatic amines is 1. The number of thioether (sulfide) groups is 1. The number of amides is 1. The number of carbonyl (C=O) groups excluding carboxylic acids is 2. The summed E-state index contributed by atoms with van der Waals surface area (Å²) in [6, 6.07) is 13.8. The SMILES string of the molecule is CSc1cccc(NC(=O)COC(=O)c2ccc(-n3c(C)c[nH]c3=O)cc2)c1. The highest BCUT2D eigenvalue weighted by molar-refractivity contribution is 7.98. The Labute approximate surface area is 165 Å². The molecule has 1 amide bonds. The summed E-state index contributed by atoms with van der Waals surface area (Å²) in [5.74, 6) is -1.03. The van der Waals surface area contributed by atoms with Crippen molar-refractivity contribution in [3.05, 3.63) is 76.5 Å². The first-order valence-electron chi connectivity index (χ1n) is 8.46. The molecule has 0 aliphatic rings. The first-order valence-corrected chi connectivity index (χ1v) is 9.69. The van der Waals surface area contributed by atoms with Gasteiger partial charge in [-0.2, -0.15) is 0 Å². The van der Waals surface area contributed by atoms with Crippen LogP contribution in [0.3, 0.4) is 0 Å². The van der Waals surface area contributed by atoms with Gasteiger partial charge in [0.05, 0.1) is 11.3 Å². The number of aryl methyl sites for hydroxylation is 1. The average molecular weight is 397 g/mol. The van der Waals surface area contributed by atoms with Crippen molar-refractivity contribution in [2.45, 2.75) is 11.8 Å². The van der Waals surface area contributed by atoms with Gasteiger partial charge in [0.25, 0.3) is 5.91 Å². The molecule has 7 nitrogen and oxygen atoms in total. The summed E-state index contributed by atoms with van der Waals surface area (Å²) in [5, 5.41) is 2.69. The maximum Gasteiger partial charge on any atom is 0.338 e. The van der Waals surface area contributed by atoms with Crippen molar-refractivity contribution in [3.8, 4) is 5.69 Å². The molecule has 8 heteroatoms. The number of nitrogens with zero attached hydrogens (tertiary/aromatic N) is 1. The second-order valence-electron chi connectivity index (χ2n) is 5.97. The van der Waals surface area contributed by atoms with Crippen molar-refractivity contribution in [3.63, 3.8) is 0 Å². The van der Waals surface area contributed by atoms with E-state index < -0.39 is 11.9 Å². The molecule has 0 spiro atoms. The van der Waals surface area contributed by atoms with Crippen molar-refractivity contribution in [1.82, 2.24) is 9.55 Å². The minimum absolute atomic E-state index is 0.255. The summed E-state index contributed by atoms with van der Waals surface area (Å²) in [6.45, 7) is 1.41. The zero-order valence-corrected chi connectivity index (χ0v) is 16.2. The van der Waals surface area contributed by atoms with Crippen LogP contribution in [-0.4, -0.2) is 34.3 Å². The van der Waals surface area contributed by atoms with Crippen LogP contribution in [0.1, 0.15) is 16.1 Å². The van der Waals surface area contributed by atoms with E-state index in [2.05, 4.69) is 10.3 Å². The normalized spacial score (nSPS) is 10.5. The van der Waals surface area contributed by atoms with Crippen LogP contribution >= 0.6 is 11.8 Å². The van der Waals surface area contributed by atoms with E-state index in [4.69, 9.17) is 4.74 Å². The lowest BCUT2D eigenvalue weighted by molar-refractivity contribution is -0.119. The quantitative estimate of drug-likeness (QED) is 0.493. The predicted octanol–water partition coefficient (Wildman–Crippen LogP) is 2.99. The van der Waals surface area contributed by atoms with Crippen LogP contribution in [0, 0.1) is 6.92 Å². The number of imidazole rings is 1. The van der Waals surface area contributed by atoms with Gasteiger partial charge in [-0.15, -0.1) is 11.8 Å². The fraction of sp³-hybridized carbons (Fsp3) is 0.150. The molecule has 28 heavy (non-hydrogen) atoms. The van der Waals surface area contributed by atoms with Gasteiger partial charge in [-0.25, -0.2) is 9.59 Å². The number of benzene rings is 2. The number of aromatic nitrogens is 2. The third-order valence-corrected chi connectivity index (χ3v) is 4.73. The van der Waals surface area contributed by atoms with E-state index >= 15 is 0 Å². The number of hydrogen-bond acceptors (Lipinski definition) is 5. The van der Waals surface area contributed by atoms with Gasteiger partial charge in [-0.3, -0.25) is 9.36 Å². The van der Waals surface area contributed by atoms with Crippen LogP contribution in [0.2, 0.25) is 0 Å². The van der Waals surface area contributed by atoms with Crippen LogP contribution in [0.15, 0.2) is 64.4 Å². The lowest BCUT2D eigenvalue weighted by Crippen LogP contribution is -2.21. The third kappa shape index (κ3) is 4.52. The first kappa shape index (κ1) is 19.5. The van der Waals surface area contributed by atoms with E-state index in [9.17, 15) is 14.4 Å². The first-order chi connectivity index (χ1) is 13.5. The van der Waals surface area contributed by atoms with Gasteiger partial charge >= 0.3 is 11.7 Å². The lowest BCUT2D eigenvalue weighted by atomic mass is 10.2. The minimum Gasteiger partial charge on any atom is -0.452 e. The van der Waals surface area contributed by atoms with Gasteiger partial charge in [0, 0.05) is 22.5 Å². The molecular weight excluding hydrogens is 378 g/mol. The van der Waals surface area contributed by atoms with Crippen molar-refractivity contribution >= 4 is 29.3 Å².